The fraction of sp³-hybridized carbons (Fsp3) is 0.565. The SMILES string of the molecule is CC(F)(F)c1ccc(CN(c2ncnc(CCC3CCN(S(C)(=O)=O)C3)c2F)C2CC2)cc1. The predicted octanol–water partition coefficient (Wildman–Crippen LogP) is 4.11. The highest BCUT2D eigenvalue weighted by molar-refractivity contribution is 7.88. The van der Waals surface area contributed by atoms with Crippen molar-refractivity contribution in [2.24, 2.45) is 5.92 Å². The van der Waals surface area contributed by atoms with Gasteiger partial charge in [0.25, 0.3) is 5.92 Å². The second-order valence-corrected chi connectivity index (χ2v) is 11.2. The van der Waals surface area contributed by atoms with Crippen LogP contribution in [0.3, 0.4) is 0 Å². The van der Waals surface area contributed by atoms with Gasteiger partial charge in [0.2, 0.25) is 10.0 Å². The molecule has 1 unspecified atom stereocenters. The summed E-state index contributed by atoms with van der Waals surface area (Å²) in [6.07, 6.45) is 6.23. The number of hydrogen-bond acceptors (Lipinski definition) is 5. The van der Waals surface area contributed by atoms with Crippen molar-refractivity contribution in [2.75, 3.05) is 24.2 Å². The Balaban J connectivity index is 1.46. The molecule has 4 rings (SSSR count). The van der Waals surface area contributed by atoms with Gasteiger partial charge in [0.15, 0.2) is 11.6 Å². The summed E-state index contributed by atoms with van der Waals surface area (Å²) in [4.78, 5) is 10.2. The molecule has 6 nitrogen and oxygen atoms in total. The summed E-state index contributed by atoms with van der Waals surface area (Å²) >= 11 is 0. The molecule has 1 aliphatic carbocycles. The number of nitrogens with zero attached hydrogens (tertiary/aromatic N) is 4. The van der Waals surface area contributed by atoms with Crippen LogP contribution in [0.1, 0.15) is 49.4 Å². The van der Waals surface area contributed by atoms with Crippen LogP contribution < -0.4 is 4.90 Å². The molecule has 2 aromatic rings. The number of alkyl halides is 2. The number of benzene rings is 1. The Morgan fingerprint density at radius 1 is 1.15 bits per heavy atom. The van der Waals surface area contributed by atoms with Crippen LogP contribution in [-0.4, -0.2) is 48.1 Å². The monoisotopic (exact) mass is 482 g/mol. The molecule has 2 fully saturated rings. The lowest BCUT2D eigenvalue weighted by Gasteiger charge is -2.25. The first kappa shape index (κ1) is 23.9. The lowest BCUT2D eigenvalue weighted by atomic mass is 10.0. The van der Waals surface area contributed by atoms with E-state index in [-0.39, 0.29) is 23.3 Å². The van der Waals surface area contributed by atoms with E-state index in [0.29, 0.717) is 38.2 Å². The van der Waals surface area contributed by atoms with E-state index in [1.807, 2.05) is 4.90 Å². The van der Waals surface area contributed by atoms with Crippen LogP contribution >= 0.6 is 0 Å². The molecule has 0 spiro atoms. The fourth-order valence-corrected chi connectivity index (χ4v) is 5.23. The Hall–Kier alpha value is -2.20. The van der Waals surface area contributed by atoms with Gasteiger partial charge in [-0.2, -0.15) is 0 Å². The van der Waals surface area contributed by atoms with E-state index in [1.165, 1.54) is 29.0 Å². The summed E-state index contributed by atoms with van der Waals surface area (Å²) in [6, 6.07) is 6.27. The Morgan fingerprint density at radius 3 is 2.42 bits per heavy atom. The van der Waals surface area contributed by atoms with E-state index >= 15 is 4.39 Å². The number of anilines is 1. The molecular formula is C23H29F3N4O2S. The molecule has 1 saturated carbocycles. The summed E-state index contributed by atoms with van der Waals surface area (Å²) < 4.78 is 67.3. The second kappa shape index (κ2) is 9.21. The lowest BCUT2D eigenvalue weighted by molar-refractivity contribution is 0.0174. The highest BCUT2D eigenvalue weighted by Gasteiger charge is 2.33. The molecule has 33 heavy (non-hydrogen) atoms. The maximum absolute atomic E-state index is 15.4. The van der Waals surface area contributed by atoms with Crippen molar-refractivity contribution in [1.29, 1.82) is 0 Å². The van der Waals surface area contributed by atoms with Crippen LogP contribution in [0.4, 0.5) is 19.0 Å². The van der Waals surface area contributed by atoms with Gasteiger partial charge in [0.1, 0.15) is 6.33 Å². The van der Waals surface area contributed by atoms with E-state index in [2.05, 4.69) is 9.97 Å². The lowest BCUT2D eigenvalue weighted by Crippen LogP contribution is -2.28. The van der Waals surface area contributed by atoms with Crippen LogP contribution in [-0.2, 0) is 28.9 Å². The van der Waals surface area contributed by atoms with Crippen molar-refractivity contribution in [1.82, 2.24) is 14.3 Å². The molecule has 10 heteroatoms. The predicted molar refractivity (Wildman–Crippen MR) is 120 cm³/mol. The van der Waals surface area contributed by atoms with E-state index < -0.39 is 21.8 Å². The summed E-state index contributed by atoms with van der Waals surface area (Å²) in [5, 5.41) is 0. The first-order valence-corrected chi connectivity index (χ1v) is 13.1. The van der Waals surface area contributed by atoms with Crippen molar-refractivity contribution < 1.29 is 21.6 Å². The maximum Gasteiger partial charge on any atom is 0.270 e. The standard InChI is InChI=1S/C23H29F3N4O2S/c1-23(25,26)18-6-3-16(4-7-18)14-30(19-8-9-19)22-21(24)20(27-15-28-22)10-5-17-11-12-29(13-17)33(2,31)32/h3-4,6-7,15,17,19H,5,8-14H2,1-2H3. The summed E-state index contributed by atoms with van der Waals surface area (Å²) in [7, 11) is -3.20. The zero-order chi connectivity index (χ0) is 23.8. The van der Waals surface area contributed by atoms with Gasteiger partial charge < -0.3 is 4.90 Å². The van der Waals surface area contributed by atoms with Crippen LogP contribution in [0, 0.1) is 11.7 Å². The molecule has 180 valence electrons. The van der Waals surface area contributed by atoms with Gasteiger partial charge in [-0.1, -0.05) is 24.3 Å². The quantitative estimate of drug-likeness (QED) is 0.538. The van der Waals surface area contributed by atoms with E-state index in [0.717, 1.165) is 31.7 Å². The number of halogens is 3. The first-order valence-electron chi connectivity index (χ1n) is 11.2. The maximum atomic E-state index is 15.4. The minimum absolute atomic E-state index is 0.0546. The molecule has 1 saturated heterocycles. The van der Waals surface area contributed by atoms with Gasteiger partial charge in [-0.25, -0.2) is 35.9 Å². The summed E-state index contributed by atoms with van der Waals surface area (Å²) in [6.45, 7) is 2.19. The van der Waals surface area contributed by atoms with Crippen LogP contribution in [0.2, 0.25) is 0 Å². The number of aryl methyl sites for hydroxylation is 1. The Kier molecular flexibility index (Phi) is 6.68. The van der Waals surface area contributed by atoms with E-state index in [1.54, 1.807) is 12.1 Å². The molecule has 1 aliphatic heterocycles. The number of hydrogen-bond donors (Lipinski definition) is 0. The third-order valence-electron chi connectivity index (χ3n) is 6.42. The molecule has 0 bridgehead atoms. The van der Waals surface area contributed by atoms with E-state index in [4.69, 9.17) is 0 Å². The zero-order valence-electron chi connectivity index (χ0n) is 18.8. The number of aromatic nitrogens is 2. The van der Waals surface area contributed by atoms with Crippen LogP contribution in [0.25, 0.3) is 0 Å². The van der Waals surface area contributed by atoms with Gasteiger partial charge in [-0.3, -0.25) is 0 Å². The fourth-order valence-electron chi connectivity index (χ4n) is 4.31. The summed E-state index contributed by atoms with van der Waals surface area (Å²) in [5.41, 5.74) is 1.08. The molecule has 1 aromatic carbocycles. The highest BCUT2D eigenvalue weighted by atomic mass is 32.2. The van der Waals surface area contributed by atoms with Gasteiger partial charge in [0.05, 0.1) is 11.9 Å². The average molecular weight is 483 g/mol. The third-order valence-corrected chi connectivity index (χ3v) is 7.69. The van der Waals surface area contributed by atoms with Crippen molar-refractivity contribution in [3.8, 4) is 0 Å². The first-order chi connectivity index (χ1) is 15.5. The Labute approximate surface area is 192 Å². The Bertz CT molecular complexity index is 1090. The number of rotatable bonds is 9. The van der Waals surface area contributed by atoms with Gasteiger partial charge in [0, 0.05) is 38.2 Å². The molecule has 0 N–H and O–H groups in total. The third kappa shape index (κ3) is 5.84. The van der Waals surface area contributed by atoms with Gasteiger partial charge in [-0.05, 0) is 43.6 Å². The number of sulfonamides is 1. The molecular weight excluding hydrogens is 453 g/mol. The largest absolute Gasteiger partial charge is 0.347 e. The van der Waals surface area contributed by atoms with Crippen LogP contribution in [0.5, 0.6) is 0 Å². The van der Waals surface area contributed by atoms with E-state index in [9.17, 15) is 17.2 Å². The zero-order valence-corrected chi connectivity index (χ0v) is 19.7. The molecule has 1 aromatic heterocycles. The molecule has 2 heterocycles. The molecule has 0 amide bonds. The second-order valence-electron chi connectivity index (χ2n) is 9.22. The van der Waals surface area contributed by atoms with Crippen molar-refractivity contribution in [2.45, 2.75) is 57.5 Å². The van der Waals surface area contributed by atoms with Crippen LogP contribution in [0.15, 0.2) is 30.6 Å². The topological polar surface area (TPSA) is 66.4 Å². The smallest absolute Gasteiger partial charge is 0.270 e. The normalized spacial score (nSPS) is 19.7. The van der Waals surface area contributed by atoms with Gasteiger partial charge in [-0.15, -0.1) is 0 Å². The van der Waals surface area contributed by atoms with Crippen molar-refractivity contribution in [3.63, 3.8) is 0 Å². The molecule has 0 radical (unpaired) electrons. The minimum atomic E-state index is -3.20. The molecule has 2 aliphatic rings. The highest BCUT2D eigenvalue weighted by Crippen LogP contribution is 2.35. The Morgan fingerprint density at radius 2 is 1.85 bits per heavy atom. The van der Waals surface area contributed by atoms with Crippen molar-refractivity contribution in [3.05, 3.63) is 53.2 Å². The minimum Gasteiger partial charge on any atom is -0.347 e. The van der Waals surface area contributed by atoms with Gasteiger partial charge >= 0.3 is 0 Å². The molecule has 1 atom stereocenters. The van der Waals surface area contributed by atoms with Crippen molar-refractivity contribution >= 4 is 15.8 Å². The average Bonchev–Trinajstić information content (AvgIpc) is 3.47. The summed E-state index contributed by atoms with van der Waals surface area (Å²) in [5.74, 6) is -2.96.